The molecule has 6 rings (SSSR count). The summed E-state index contributed by atoms with van der Waals surface area (Å²) >= 11 is 0. The van der Waals surface area contributed by atoms with Gasteiger partial charge in [-0.05, 0) is 83.1 Å². The van der Waals surface area contributed by atoms with Gasteiger partial charge in [0.25, 0.3) is 0 Å². The first-order valence-corrected chi connectivity index (χ1v) is 19.7. The van der Waals surface area contributed by atoms with Gasteiger partial charge in [-0.3, -0.25) is 9.98 Å². The highest BCUT2D eigenvalue weighted by atomic mass is 15.5. The molecular weight excluding hydrogens is 669 g/mol. The van der Waals surface area contributed by atoms with E-state index in [9.17, 15) is 0 Å². The number of aliphatic imine (C=N–C) groups is 2. The monoisotopic (exact) mass is 726 g/mol. The maximum absolute atomic E-state index is 5.14. The van der Waals surface area contributed by atoms with Crippen LogP contribution in [0.25, 0.3) is 22.6 Å². The Morgan fingerprint density at radius 1 is 0.630 bits per heavy atom. The quantitative estimate of drug-likeness (QED) is 0.0676. The summed E-state index contributed by atoms with van der Waals surface area (Å²) in [5, 5.41) is 6.20. The van der Waals surface area contributed by atoms with Gasteiger partial charge >= 0.3 is 0 Å². The molecule has 0 unspecified atom stereocenters. The van der Waals surface area contributed by atoms with E-state index in [1.807, 2.05) is 42.8 Å². The van der Waals surface area contributed by atoms with Crippen LogP contribution in [0.2, 0.25) is 0 Å². The summed E-state index contributed by atoms with van der Waals surface area (Å²) in [6.45, 7) is 19.4. The van der Waals surface area contributed by atoms with Crippen LogP contribution in [-0.4, -0.2) is 141 Å². The van der Waals surface area contributed by atoms with Gasteiger partial charge in [-0.15, -0.1) is 0 Å². The Balaban J connectivity index is 1.12. The zero-order valence-corrected chi connectivity index (χ0v) is 32.7. The summed E-state index contributed by atoms with van der Waals surface area (Å²) in [5.74, 6) is 1.32. The molecule has 10 nitrogen and oxygen atoms in total. The van der Waals surface area contributed by atoms with Crippen molar-refractivity contribution in [2.24, 2.45) is 15.1 Å². The minimum absolute atomic E-state index is 0.629. The molecule has 54 heavy (non-hydrogen) atoms. The van der Waals surface area contributed by atoms with E-state index in [1.165, 1.54) is 71.7 Å². The van der Waals surface area contributed by atoms with Gasteiger partial charge in [0.15, 0.2) is 11.6 Å². The fourth-order valence-electron chi connectivity index (χ4n) is 6.97. The van der Waals surface area contributed by atoms with Gasteiger partial charge in [-0.1, -0.05) is 66.7 Å². The topological polar surface area (TPSA) is 79.1 Å². The largest absolute Gasteiger partial charge is 0.304 e. The fraction of sp³-hybridized carbons (Fsp3) is 0.432. The summed E-state index contributed by atoms with van der Waals surface area (Å²) in [6, 6.07) is 26.8. The second-order valence-electron chi connectivity index (χ2n) is 14.7. The molecule has 0 bridgehead atoms. The Hall–Kier alpha value is -4.61. The van der Waals surface area contributed by atoms with E-state index in [1.54, 1.807) is 5.01 Å². The lowest BCUT2D eigenvalue weighted by molar-refractivity contribution is 0.152. The second kappa shape index (κ2) is 20.2. The number of hydrogen-bond acceptors (Lipinski definition) is 10. The smallest absolute Gasteiger partial charge is 0.162 e. The van der Waals surface area contributed by atoms with Crippen LogP contribution >= 0.6 is 0 Å². The third kappa shape index (κ3) is 11.2. The molecular formula is C44H58N10. The van der Waals surface area contributed by atoms with E-state index >= 15 is 0 Å². The van der Waals surface area contributed by atoms with Crippen molar-refractivity contribution in [3.05, 3.63) is 95.6 Å². The number of unbranched alkanes of at least 4 members (excludes halogenated alkanes) is 2. The number of anilines is 2. The first-order chi connectivity index (χ1) is 26.5. The van der Waals surface area contributed by atoms with Crippen LogP contribution in [0.15, 0.2) is 93.9 Å². The summed E-state index contributed by atoms with van der Waals surface area (Å²) < 4.78 is 0. The van der Waals surface area contributed by atoms with Crippen LogP contribution in [0, 0.1) is 6.92 Å². The van der Waals surface area contributed by atoms with E-state index in [-0.39, 0.29) is 0 Å². The predicted molar refractivity (Wildman–Crippen MR) is 227 cm³/mol. The van der Waals surface area contributed by atoms with E-state index in [0.29, 0.717) is 11.6 Å². The first-order valence-electron chi connectivity index (χ1n) is 19.7. The number of piperazine rings is 2. The van der Waals surface area contributed by atoms with Crippen molar-refractivity contribution in [1.82, 2.24) is 29.6 Å². The lowest BCUT2D eigenvalue weighted by Gasteiger charge is -2.32. The predicted octanol–water partition coefficient (Wildman–Crippen LogP) is 6.77. The van der Waals surface area contributed by atoms with Crippen LogP contribution in [0.4, 0.5) is 11.5 Å². The average Bonchev–Trinajstić information content (AvgIpc) is 3.21. The van der Waals surface area contributed by atoms with E-state index in [4.69, 9.17) is 20.0 Å². The van der Waals surface area contributed by atoms with Crippen LogP contribution in [0.5, 0.6) is 0 Å². The Morgan fingerprint density at radius 3 is 1.63 bits per heavy atom. The summed E-state index contributed by atoms with van der Waals surface area (Å²) in [4.78, 5) is 29.6. The highest BCUT2D eigenvalue weighted by Crippen LogP contribution is 2.34. The third-order valence-electron chi connectivity index (χ3n) is 10.5. The van der Waals surface area contributed by atoms with E-state index in [2.05, 4.69) is 101 Å². The Morgan fingerprint density at radius 2 is 1.13 bits per heavy atom. The molecule has 0 spiro atoms. The second-order valence-corrected chi connectivity index (χ2v) is 14.7. The summed E-state index contributed by atoms with van der Waals surface area (Å²) in [5.41, 5.74) is 6.75. The molecule has 0 radical (unpaired) electrons. The van der Waals surface area contributed by atoms with Crippen molar-refractivity contribution in [3.8, 4) is 22.6 Å². The molecule has 0 N–H and O–H groups in total. The molecule has 2 aliphatic rings. The minimum Gasteiger partial charge on any atom is -0.304 e. The third-order valence-corrected chi connectivity index (χ3v) is 10.5. The zero-order chi connectivity index (χ0) is 37.5. The molecule has 0 atom stereocenters. The molecule has 284 valence electrons. The van der Waals surface area contributed by atoms with E-state index in [0.717, 1.165) is 71.7 Å². The lowest BCUT2D eigenvalue weighted by atomic mass is 10.0. The standard InChI is InChI=1S/C44H58N10/c1-36-42(39-18-14-37(15-19-39)34-46-22-8-10-24-52-30-26-50(3)27-31-52)48-43(49-44(36)54(45-2)41-12-6-5-7-13-41)40-20-16-38(17-21-40)35-47-23-9-11-25-53-32-28-51(4)29-33-53/h5-7,12-21,34-35H,2,8-11,22-33H2,1,3-4H3. The minimum atomic E-state index is 0.629. The Bertz CT molecular complexity index is 1790. The Kier molecular flexibility index (Phi) is 14.6. The van der Waals surface area contributed by atoms with Crippen molar-refractivity contribution in [3.63, 3.8) is 0 Å². The van der Waals surface area contributed by atoms with Crippen LogP contribution < -0.4 is 5.01 Å². The van der Waals surface area contributed by atoms with Crippen molar-refractivity contribution >= 4 is 30.7 Å². The number of benzene rings is 3. The normalized spacial score (nSPS) is 16.4. The first kappa shape index (κ1) is 39.1. The van der Waals surface area contributed by atoms with Crippen molar-refractivity contribution < 1.29 is 0 Å². The van der Waals surface area contributed by atoms with Crippen LogP contribution in [0.3, 0.4) is 0 Å². The SMILES string of the molecule is C=NN(c1ccccc1)c1nc(-c2ccc(C=NCCCCN3CCN(C)CC3)cc2)nc(-c2ccc(C=NCCCCN3CCN(C)CC3)cc2)c1C. The number of likely N-dealkylation sites (N-methyl/N-ethyl adjacent to an activating group) is 2. The van der Waals surface area contributed by atoms with Gasteiger partial charge in [-0.25, -0.2) is 15.0 Å². The number of hydrogen-bond donors (Lipinski definition) is 0. The molecule has 0 saturated carbocycles. The maximum atomic E-state index is 5.14. The molecule has 3 aromatic carbocycles. The van der Waals surface area contributed by atoms with Crippen molar-refractivity contribution in [1.29, 1.82) is 0 Å². The molecule has 3 heterocycles. The molecule has 1 aromatic heterocycles. The van der Waals surface area contributed by atoms with E-state index < -0.39 is 0 Å². The fourth-order valence-corrected chi connectivity index (χ4v) is 6.97. The molecule has 4 aromatic rings. The molecule has 10 heteroatoms. The lowest BCUT2D eigenvalue weighted by Crippen LogP contribution is -2.44. The molecule has 0 aliphatic carbocycles. The van der Waals surface area contributed by atoms with Gasteiger partial charge in [-0.2, -0.15) is 5.10 Å². The summed E-state index contributed by atoms with van der Waals surface area (Å²) in [6.07, 6.45) is 8.54. The van der Waals surface area contributed by atoms with Gasteiger partial charge in [0, 0.05) is 101 Å². The number of para-hydroxylation sites is 1. The molecule has 2 aliphatic heterocycles. The number of rotatable bonds is 17. The number of hydrazone groups is 1. The molecule has 2 fully saturated rings. The average molecular weight is 727 g/mol. The molecule has 2 saturated heterocycles. The Labute approximate surface area is 323 Å². The van der Waals surface area contributed by atoms with Gasteiger partial charge in [0.1, 0.15) is 0 Å². The van der Waals surface area contributed by atoms with Gasteiger partial charge in [0.05, 0.1) is 11.4 Å². The highest BCUT2D eigenvalue weighted by molar-refractivity contribution is 5.83. The van der Waals surface area contributed by atoms with Crippen LogP contribution in [0.1, 0.15) is 42.4 Å². The number of aromatic nitrogens is 2. The number of nitrogens with zero attached hydrogens (tertiary/aromatic N) is 10. The highest BCUT2D eigenvalue weighted by Gasteiger charge is 2.20. The van der Waals surface area contributed by atoms with Crippen molar-refractivity contribution in [2.75, 3.05) is 97.6 Å². The summed E-state index contributed by atoms with van der Waals surface area (Å²) in [7, 11) is 4.41. The van der Waals surface area contributed by atoms with Crippen LogP contribution in [-0.2, 0) is 0 Å². The molecule has 0 amide bonds. The van der Waals surface area contributed by atoms with Gasteiger partial charge in [0.2, 0.25) is 0 Å². The van der Waals surface area contributed by atoms with Gasteiger partial charge < -0.3 is 19.6 Å². The maximum Gasteiger partial charge on any atom is 0.162 e. The van der Waals surface area contributed by atoms with Crippen molar-refractivity contribution in [2.45, 2.75) is 32.6 Å². The zero-order valence-electron chi connectivity index (χ0n) is 32.7.